The quantitative estimate of drug-likeness (QED) is 0.455. The molecule has 0 bridgehead atoms. The maximum Gasteiger partial charge on any atom is 0.0541 e. The predicted octanol–water partition coefficient (Wildman–Crippen LogP) is 3.21. The molecule has 3 heteroatoms. The van der Waals surface area contributed by atoms with E-state index in [1.165, 1.54) is 0 Å². The van der Waals surface area contributed by atoms with Gasteiger partial charge in [-0.2, -0.15) is 0 Å². The van der Waals surface area contributed by atoms with E-state index < -0.39 is 0 Å². The molecule has 0 atom stereocenters. The van der Waals surface area contributed by atoms with E-state index >= 15 is 0 Å². The van der Waals surface area contributed by atoms with Gasteiger partial charge >= 0.3 is 0 Å². The number of benzene rings is 1. The molecule has 0 heterocycles. The predicted molar refractivity (Wildman–Crippen MR) is 65.2 cm³/mol. The molecule has 0 spiro atoms. The molecule has 0 aromatic heterocycles. The van der Waals surface area contributed by atoms with Crippen LogP contribution in [0.5, 0.6) is 0 Å². The van der Waals surface area contributed by atoms with Gasteiger partial charge in [0, 0.05) is 23.7 Å². The first kappa shape index (κ1) is 11.6. The minimum absolute atomic E-state index is 0.834. The molecule has 1 aromatic carbocycles. The third kappa shape index (κ3) is 4.18. The maximum absolute atomic E-state index is 6.01. The Kier molecular flexibility index (Phi) is 5.76. The van der Waals surface area contributed by atoms with E-state index in [2.05, 4.69) is 11.9 Å². The van der Waals surface area contributed by atoms with Gasteiger partial charge in [-0.3, -0.25) is 0 Å². The number of hydrogen-bond acceptors (Lipinski definition) is 2. The summed E-state index contributed by atoms with van der Waals surface area (Å²) in [5, 5.41) is 4.08. The Labute approximate surface area is 94.5 Å². The van der Waals surface area contributed by atoms with E-state index in [0.29, 0.717) is 0 Å². The van der Waals surface area contributed by atoms with Crippen molar-refractivity contribution in [2.24, 2.45) is 0 Å². The average molecular weight is 228 g/mol. The van der Waals surface area contributed by atoms with Crippen molar-refractivity contribution in [2.45, 2.75) is 4.90 Å². The van der Waals surface area contributed by atoms with Gasteiger partial charge in [-0.05, 0) is 12.1 Å². The summed E-state index contributed by atoms with van der Waals surface area (Å²) in [7, 11) is 0. The van der Waals surface area contributed by atoms with Crippen molar-refractivity contribution in [1.29, 1.82) is 0 Å². The van der Waals surface area contributed by atoms with Gasteiger partial charge in [0.2, 0.25) is 0 Å². The van der Waals surface area contributed by atoms with Crippen LogP contribution in [0.1, 0.15) is 0 Å². The minimum Gasteiger partial charge on any atom is -0.312 e. The van der Waals surface area contributed by atoms with Gasteiger partial charge in [-0.25, -0.2) is 0 Å². The van der Waals surface area contributed by atoms with Crippen LogP contribution in [-0.4, -0.2) is 18.8 Å². The average Bonchev–Trinajstić information content (AvgIpc) is 2.20. The molecule has 0 fully saturated rings. The van der Waals surface area contributed by atoms with Gasteiger partial charge in [0.1, 0.15) is 0 Å². The molecule has 0 unspecified atom stereocenters. The van der Waals surface area contributed by atoms with Crippen LogP contribution in [0.15, 0.2) is 41.8 Å². The topological polar surface area (TPSA) is 12.0 Å². The second-order valence-electron chi connectivity index (χ2n) is 2.77. The number of halogens is 1. The van der Waals surface area contributed by atoms with Crippen molar-refractivity contribution in [1.82, 2.24) is 5.32 Å². The molecule has 14 heavy (non-hydrogen) atoms. The normalized spacial score (nSPS) is 10.1. The lowest BCUT2D eigenvalue weighted by Crippen LogP contribution is -2.16. The van der Waals surface area contributed by atoms with E-state index in [4.69, 9.17) is 11.6 Å². The smallest absolute Gasteiger partial charge is 0.0541 e. The third-order valence-electron chi connectivity index (χ3n) is 1.66. The Morgan fingerprint density at radius 1 is 1.43 bits per heavy atom. The number of thioether (sulfide) groups is 1. The van der Waals surface area contributed by atoms with Gasteiger partial charge in [0.15, 0.2) is 0 Å². The molecule has 0 aliphatic rings. The summed E-state index contributed by atoms with van der Waals surface area (Å²) in [6, 6.07) is 7.91. The molecule has 0 saturated heterocycles. The van der Waals surface area contributed by atoms with Gasteiger partial charge in [0.25, 0.3) is 0 Å². The van der Waals surface area contributed by atoms with Crippen molar-refractivity contribution in [3.05, 3.63) is 41.9 Å². The first-order valence-electron chi connectivity index (χ1n) is 4.53. The molecule has 76 valence electrons. The van der Waals surface area contributed by atoms with Crippen LogP contribution in [0.4, 0.5) is 0 Å². The van der Waals surface area contributed by atoms with Crippen LogP contribution in [0.25, 0.3) is 0 Å². The zero-order chi connectivity index (χ0) is 10.2. The lowest BCUT2D eigenvalue weighted by molar-refractivity contribution is 0.807. The van der Waals surface area contributed by atoms with Gasteiger partial charge in [-0.1, -0.05) is 29.8 Å². The second-order valence-corrected chi connectivity index (χ2v) is 4.32. The molecule has 1 nitrogen and oxygen atoms in total. The highest BCUT2D eigenvalue weighted by molar-refractivity contribution is 7.99. The van der Waals surface area contributed by atoms with E-state index in [-0.39, 0.29) is 0 Å². The Morgan fingerprint density at radius 2 is 2.21 bits per heavy atom. The standard InChI is InChI=1S/C11H14ClNS/c1-2-7-13-8-9-14-11-6-4-3-5-10(11)12/h2-6,13H,1,7-9H2. The molecular weight excluding hydrogens is 214 g/mol. The number of nitrogens with one attached hydrogen (secondary N) is 1. The Hall–Kier alpha value is -0.440. The largest absolute Gasteiger partial charge is 0.312 e. The Bertz CT molecular complexity index is 288. The van der Waals surface area contributed by atoms with E-state index in [1.807, 2.05) is 30.3 Å². The van der Waals surface area contributed by atoms with Crippen LogP contribution in [0.2, 0.25) is 5.02 Å². The third-order valence-corrected chi connectivity index (χ3v) is 3.18. The van der Waals surface area contributed by atoms with Gasteiger partial charge in [0.05, 0.1) is 5.02 Å². The van der Waals surface area contributed by atoms with Gasteiger partial charge < -0.3 is 5.32 Å². The van der Waals surface area contributed by atoms with Crippen molar-refractivity contribution in [3.8, 4) is 0 Å². The van der Waals surface area contributed by atoms with Gasteiger partial charge in [-0.15, -0.1) is 18.3 Å². The fourth-order valence-electron chi connectivity index (χ4n) is 0.999. The summed E-state index contributed by atoms with van der Waals surface area (Å²) < 4.78 is 0. The molecule has 0 aliphatic carbocycles. The molecule has 0 saturated carbocycles. The van der Waals surface area contributed by atoms with Crippen molar-refractivity contribution in [2.75, 3.05) is 18.8 Å². The molecule has 0 amide bonds. The fourth-order valence-corrected chi connectivity index (χ4v) is 2.15. The highest BCUT2D eigenvalue weighted by Gasteiger charge is 1.97. The van der Waals surface area contributed by atoms with E-state index in [1.54, 1.807) is 11.8 Å². The molecule has 0 aliphatic heterocycles. The highest BCUT2D eigenvalue weighted by Crippen LogP contribution is 2.25. The van der Waals surface area contributed by atoms with Crippen LogP contribution < -0.4 is 5.32 Å². The SMILES string of the molecule is C=CCNCCSc1ccccc1Cl. The number of rotatable bonds is 6. The van der Waals surface area contributed by atoms with Crippen molar-refractivity contribution >= 4 is 23.4 Å². The summed E-state index contributed by atoms with van der Waals surface area (Å²) in [5.41, 5.74) is 0. The summed E-state index contributed by atoms with van der Waals surface area (Å²) >= 11 is 7.78. The zero-order valence-electron chi connectivity index (χ0n) is 8.00. The fraction of sp³-hybridized carbons (Fsp3) is 0.273. The maximum atomic E-state index is 6.01. The van der Waals surface area contributed by atoms with E-state index in [0.717, 1.165) is 28.8 Å². The monoisotopic (exact) mass is 227 g/mol. The Morgan fingerprint density at radius 3 is 2.93 bits per heavy atom. The first-order chi connectivity index (χ1) is 6.84. The lowest BCUT2D eigenvalue weighted by Gasteiger charge is -2.03. The second kappa shape index (κ2) is 6.93. The summed E-state index contributed by atoms with van der Waals surface area (Å²) in [4.78, 5) is 1.15. The van der Waals surface area contributed by atoms with Crippen molar-refractivity contribution < 1.29 is 0 Å². The highest BCUT2D eigenvalue weighted by atomic mass is 35.5. The zero-order valence-corrected chi connectivity index (χ0v) is 9.57. The first-order valence-corrected chi connectivity index (χ1v) is 5.90. The Balaban J connectivity index is 2.24. The van der Waals surface area contributed by atoms with Crippen LogP contribution in [0.3, 0.4) is 0 Å². The van der Waals surface area contributed by atoms with Crippen molar-refractivity contribution in [3.63, 3.8) is 0 Å². The molecule has 1 aromatic rings. The molecule has 1 rings (SSSR count). The number of hydrogen-bond donors (Lipinski definition) is 1. The van der Waals surface area contributed by atoms with Crippen LogP contribution in [0, 0.1) is 0 Å². The molecular formula is C11H14ClNS. The summed E-state index contributed by atoms with van der Waals surface area (Å²) in [5.74, 6) is 1.03. The van der Waals surface area contributed by atoms with Crippen LogP contribution in [-0.2, 0) is 0 Å². The minimum atomic E-state index is 0.834. The summed E-state index contributed by atoms with van der Waals surface area (Å²) in [6.07, 6.45) is 1.86. The molecule has 0 radical (unpaired) electrons. The summed E-state index contributed by atoms with van der Waals surface area (Å²) in [6.45, 7) is 5.48. The molecule has 1 N–H and O–H groups in total. The van der Waals surface area contributed by atoms with E-state index in [9.17, 15) is 0 Å². The van der Waals surface area contributed by atoms with Crippen LogP contribution >= 0.6 is 23.4 Å². The lowest BCUT2D eigenvalue weighted by atomic mass is 10.4.